The summed E-state index contributed by atoms with van der Waals surface area (Å²) in [4.78, 5) is 12.0. The van der Waals surface area contributed by atoms with Gasteiger partial charge in [-0.15, -0.1) is 0 Å². The first kappa shape index (κ1) is 20.8. The zero-order valence-electron chi connectivity index (χ0n) is 15.5. The maximum Gasteiger partial charge on any atom is 0.255 e. The maximum absolute atomic E-state index is 14.4. The Balaban J connectivity index is 1.87. The fraction of sp³-hybridized carbons (Fsp3) is 0.350. The molecular formula is C20H22ClFN2O3S. The molecule has 0 heterocycles. The van der Waals surface area contributed by atoms with Crippen LogP contribution in [-0.4, -0.2) is 31.7 Å². The molecule has 0 radical (unpaired) electrons. The number of halogens is 2. The zero-order chi connectivity index (χ0) is 20.3. The Kier molecular flexibility index (Phi) is 6.37. The van der Waals surface area contributed by atoms with Crippen molar-refractivity contribution in [2.45, 2.75) is 43.0 Å². The van der Waals surface area contributed by atoms with Crippen molar-refractivity contribution in [2.24, 2.45) is 0 Å². The van der Waals surface area contributed by atoms with E-state index in [9.17, 15) is 17.6 Å². The third kappa shape index (κ3) is 4.54. The molecule has 0 unspecified atom stereocenters. The lowest BCUT2D eigenvalue weighted by atomic mass is 9.96. The molecule has 0 saturated heterocycles. The van der Waals surface area contributed by atoms with Gasteiger partial charge in [0.15, 0.2) is 0 Å². The average molecular weight is 425 g/mol. The summed E-state index contributed by atoms with van der Waals surface area (Å²) < 4.78 is 41.6. The van der Waals surface area contributed by atoms with Gasteiger partial charge in [-0.3, -0.25) is 4.79 Å². The molecule has 1 aliphatic rings. The maximum atomic E-state index is 14.4. The van der Waals surface area contributed by atoms with Gasteiger partial charge in [0.2, 0.25) is 10.0 Å². The van der Waals surface area contributed by atoms with Gasteiger partial charge in [-0.1, -0.05) is 36.9 Å². The van der Waals surface area contributed by atoms with Gasteiger partial charge in [-0.25, -0.2) is 12.8 Å². The van der Waals surface area contributed by atoms with Crippen LogP contribution in [0, 0.1) is 5.82 Å². The standard InChI is InChI=1S/C20H22ClFN2O3S/c1-24(17-8-3-2-4-9-17)28(26,27)19-12-14(10-11-18(19)22)20(25)23-16-7-5-6-15(21)13-16/h5-7,10-13,17H,2-4,8-9H2,1H3,(H,23,25). The zero-order valence-corrected chi connectivity index (χ0v) is 17.1. The van der Waals surface area contributed by atoms with E-state index in [1.165, 1.54) is 17.4 Å². The summed E-state index contributed by atoms with van der Waals surface area (Å²) in [6.07, 6.45) is 4.50. The predicted molar refractivity (Wildman–Crippen MR) is 108 cm³/mol. The van der Waals surface area contributed by atoms with Gasteiger partial charge in [-0.05, 0) is 49.2 Å². The number of nitrogens with zero attached hydrogens (tertiary/aromatic N) is 1. The molecule has 2 aromatic rings. The van der Waals surface area contributed by atoms with E-state index in [1.807, 2.05) is 0 Å². The number of carbonyl (C=O) groups excluding carboxylic acids is 1. The summed E-state index contributed by atoms with van der Waals surface area (Å²) >= 11 is 5.90. The highest BCUT2D eigenvalue weighted by Gasteiger charge is 2.31. The van der Waals surface area contributed by atoms with Gasteiger partial charge >= 0.3 is 0 Å². The Bertz CT molecular complexity index is 975. The number of rotatable bonds is 5. The van der Waals surface area contributed by atoms with E-state index in [0.29, 0.717) is 10.7 Å². The second kappa shape index (κ2) is 8.59. The molecule has 0 aliphatic heterocycles. The van der Waals surface area contributed by atoms with E-state index in [2.05, 4.69) is 5.32 Å². The Morgan fingerprint density at radius 3 is 2.54 bits per heavy atom. The SMILES string of the molecule is CN(C1CCCCC1)S(=O)(=O)c1cc(C(=O)Nc2cccc(Cl)c2)ccc1F. The molecular weight excluding hydrogens is 403 g/mol. The summed E-state index contributed by atoms with van der Waals surface area (Å²) in [7, 11) is -2.57. The minimum atomic E-state index is -4.05. The number of anilines is 1. The van der Waals surface area contributed by atoms with Crippen molar-refractivity contribution in [3.8, 4) is 0 Å². The van der Waals surface area contributed by atoms with E-state index >= 15 is 0 Å². The highest BCUT2D eigenvalue weighted by Crippen LogP contribution is 2.28. The number of benzene rings is 2. The Hall–Kier alpha value is -1.96. The van der Waals surface area contributed by atoms with Crippen LogP contribution in [0.15, 0.2) is 47.4 Å². The summed E-state index contributed by atoms with van der Waals surface area (Å²) in [5.41, 5.74) is 0.516. The van der Waals surface area contributed by atoms with Crippen molar-refractivity contribution in [2.75, 3.05) is 12.4 Å². The van der Waals surface area contributed by atoms with Crippen LogP contribution in [0.1, 0.15) is 42.5 Å². The molecule has 1 N–H and O–H groups in total. The number of nitrogens with one attached hydrogen (secondary N) is 1. The Morgan fingerprint density at radius 2 is 1.86 bits per heavy atom. The molecule has 3 rings (SSSR count). The highest BCUT2D eigenvalue weighted by atomic mass is 35.5. The second-order valence-corrected chi connectivity index (χ2v) is 9.33. The van der Waals surface area contributed by atoms with E-state index in [4.69, 9.17) is 11.6 Å². The second-order valence-electron chi connectivity index (χ2n) is 6.92. The lowest BCUT2D eigenvalue weighted by molar-refractivity contribution is 0.102. The molecule has 0 atom stereocenters. The molecule has 1 aliphatic carbocycles. The molecule has 1 fully saturated rings. The first-order valence-corrected chi connectivity index (χ1v) is 11.0. The normalized spacial score (nSPS) is 15.6. The van der Waals surface area contributed by atoms with Gasteiger partial charge in [0.25, 0.3) is 5.91 Å². The van der Waals surface area contributed by atoms with Gasteiger partial charge in [0.05, 0.1) is 0 Å². The van der Waals surface area contributed by atoms with Crippen LogP contribution in [0.25, 0.3) is 0 Å². The summed E-state index contributed by atoms with van der Waals surface area (Å²) in [5, 5.41) is 3.09. The number of amides is 1. The average Bonchev–Trinajstić information content (AvgIpc) is 2.68. The van der Waals surface area contributed by atoms with Crippen LogP contribution in [0.4, 0.5) is 10.1 Å². The van der Waals surface area contributed by atoms with Crippen molar-refractivity contribution < 1.29 is 17.6 Å². The topological polar surface area (TPSA) is 66.5 Å². The van der Waals surface area contributed by atoms with Crippen LogP contribution in [0.2, 0.25) is 5.02 Å². The van der Waals surface area contributed by atoms with Gasteiger partial charge in [0, 0.05) is 29.4 Å². The molecule has 1 amide bonds. The van der Waals surface area contributed by atoms with E-state index in [0.717, 1.165) is 44.2 Å². The smallest absolute Gasteiger partial charge is 0.255 e. The van der Waals surface area contributed by atoms with Crippen LogP contribution in [0.3, 0.4) is 0 Å². The van der Waals surface area contributed by atoms with Gasteiger partial charge in [0.1, 0.15) is 10.7 Å². The lowest BCUT2D eigenvalue weighted by Gasteiger charge is -2.30. The molecule has 1 saturated carbocycles. The van der Waals surface area contributed by atoms with E-state index < -0.39 is 26.6 Å². The minimum Gasteiger partial charge on any atom is -0.322 e. The van der Waals surface area contributed by atoms with Crippen molar-refractivity contribution >= 4 is 33.2 Å². The summed E-state index contributed by atoms with van der Waals surface area (Å²) in [5.74, 6) is -1.42. The van der Waals surface area contributed by atoms with Crippen molar-refractivity contribution in [3.63, 3.8) is 0 Å². The van der Waals surface area contributed by atoms with Crippen molar-refractivity contribution in [1.29, 1.82) is 0 Å². The number of sulfonamides is 1. The van der Waals surface area contributed by atoms with E-state index in [1.54, 1.807) is 24.3 Å². The largest absolute Gasteiger partial charge is 0.322 e. The van der Waals surface area contributed by atoms with Gasteiger partial charge < -0.3 is 5.32 Å². The first-order chi connectivity index (χ1) is 13.3. The molecule has 8 heteroatoms. The number of hydrogen-bond donors (Lipinski definition) is 1. The fourth-order valence-corrected chi connectivity index (χ4v) is 5.10. The van der Waals surface area contributed by atoms with Crippen LogP contribution < -0.4 is 5.32 Å². The van der Waals surface area contributed by atoms with Gasteiger partial charge in [-0.2, -0.15) is 4.31 Å². The minimum absolute atomic E-state index is 0.0528. The first-order valence-electron chi connectivity index (χ1n) is 9.13. The molecule has 5 nitrogen and oxygen atoms in total. The summed E-state index contributed by atoms with van der Waals surface area (Å²) in [6, 6.07) is 9.77. The van der Waals surface area contributed by atoms with Crippen LogP contribution >= 0.6 is 11.6 Å². The Morgan fingerprint density at radius 1 is 1.14 bits per heavy atom. The van der Waals surface area contributed by atoms with Crippen molar-refractivity contribution in [3.05, 3.63) is 58.9 Å². The third-order valence-electron chi connectivity index (χ3n) is 5.02. The molecule has 0 aromatic heterocycles. The van der Waals surface area contributed by atoms with Crippen LogP contribution in [0.5, 0.6) is 0 Å². The molecule has 0 bridgehead atoms. The molecule has 0 spiro atoms. The summed E-state index contributed by atoms with van der Waals surface area (Å²) in [6.45, 7) is 0. The quantitative estimate of drug-likeness (QED) is 0.757. The molecule has 28 heavy (non-hydrogen) atoms. The van der Waals surface area contributed by atoms with E-state index in [-0.39, 0.29) is 11.6 Å². The molecule has 2 aromatic carbocycles. The number of hydrogen-bond acceptors (Lipinski definition) is 3. The lowest BCUT2D eigenvalue weighted by Crippen LogP contribution is -2.38. The molecule has 150 valence electrons. The van der Waals surface area contributed by atoms with Crippen LogP contribution in [-0.2, 0) is 10.0 Å². The highest BCUT2D eigenvalue weighted by molar-refractivity contribution is 7.89. The number of carbonyl (C=O) groups is 1. The fourth-order valence-electron chi connectivity index (χ4n) is 3.41. The van der Waals surface area contributed by atoms with Crippen molar-refractivity contribution in [1.82, 2.24) is 4.31 Å². The monoisotopic (exact) mass is 424 g/mol. The third-order valence-corrected chi connectivity index (χ3v) is 7.18. The Labute approximate surface area is 169 Å². The predicted octanol–water partition coefficient (Wildman–Crippen LogP) is 4.68.